The summed E-state index contributed by atoms with van der Waals surface area (Å²) in [6.07, 6.45) is 4.74. The molecule has 0 saturated heterocycles. The number of nitrogens with two attached hydrogens (primary N) is 1. The lowest BCUT2D eigenvalue weighted by molar-refractivity contribution is 0.469. The maximum absolute atomic E-state index is 13.1. The molecule has 1 saturated carbocycles. The molecule has 0 spiro atoms. The van der Waals surface area contributed by atoms with Crippen LogP contribution in [0, 0.1) is 5.82 Å². The fourth-order valence-corrected chi connectivity index (χ4v) is 3.25. The summed E-state index contributed by atoms with van der Waals surface area (Å²) in [5, 5.41) is 4.66. The highest BCUT2D eigenvalue weighted by molar-refractivity contribution is 5.77. The highest BCUT2D eigenvalue weighted by Crippen LogP contribution is 2.45. The molecule has 4 heteroatoms. The van der Waals surface area contributed by atoms with Crippen molar-refractivity contribution >= 4 is 5.82 Å². The van der Waals surface area contributed by atoms with Gasteiger partial charge in [-0.25, -0.2) is 4.39 Å². The zero-order valence-electron chi connectivity index (χ0n) is 12.0. The van der Waals surface area contributed by atoms with Crippen LogP contribution in [-0.2, 0) is 12.5 Å². The molecule has 0 bridgehead atoms. The lowest BCUT2D eigenvalue weighted by Gasteiger charge is -2.22. The second kappa shape index (κ2) is 4.62. The number of aromatic nitrogens is 2. The monoisotopic (exact) mass is 273 g/mol. The van der Waals surface area contributed by atoms with Crippen molar-refractivity contribution in [1.82, 2.24) is 9.78 Å². The molecular formula is C16H20FN3. The normalized spacial score (nSPS) is 17.6. The molecule has 1 aliphatic carbocycles. The van der Waals surface area contributed by atoms with E-state index in [-0.39, 0.29) is 11.2 Å². The first-order valence-corrected chi connectivity index (χ1v) is 7.10. The largest absolute Gasteiger partial charge is 0.383 e. The standard InChI is InChI=1S/C16H20FN3/c1-16(9-3-4-10-16)14-13(15(18)20(2)19-14)11-5-7-12(17)8-6-11/h5-8H,3-4,9-10,18H2,1-2H3. The Hall–Kier alpha value is -1.84. The summed E-state index contributed by atoms with van der Waals surface area (Å²) in [6, 6.07) is 6.51. The van der Waals surface area contributed by atoms with Gasteiger partial charge in [0.2, 0.25) is 0 Å². The number of nitrogen functional groups attached to an aromatic ring is 1. The summed E-state index contributed by atoms with van der Waals surface area (Å²) in [7, 11) is 1.87. The Bertz CT molecular complexity index is 622. The van der Waals surface area contributed by atoms with Crippen molar-refractivity contribution in [2.75, 3.05) is 5.73 Å². The molecule has 2 aromatic rings. The van der Waals surface area contributed by atoms with E-state index in [0.29, 0.717) is 5.82 Å². The zero-order chi connectivity index (χ0) is 14.3. The Labute approximate surface area is 118 Å². The van der Waals surface area contributed by atoms with E-state index in [4.69, 9.17) is 5.73 Å². The second-order valence-corrected chi connectivity index (χ2v) is 6.01. The minimum atomic E-state index is -0.232. The van der Waals surface area contributed by atoms with Gasteiger partial charge in [0.05, 0.1) is 5.69 Å². The van der Waals surface area contributed by atoms with Gasteiger partial charge in [-0.1, -0.05) is 31.9 Å². The second-order valence-electron chi connectivity index (χ2n) is 6.01. The van der Waals surface area contributed by atoms with Crippen molar-refractivity contribution in [3.63, 3.8) is 0 Å². The number of aryl methyl sites for hydroxylation is 1. The Morgan fingerprint density at radius 1 is 1.20 bits per heavy atom. The molecule has 0 unspecified atom stereocenters. The number of halogens is 1. The Balaban J connectivity index is 2.16. The van der Waals surface area contributed by atoms with Gasteiger partial charge in [-0.15, -0.1) is 0 Å². The van der Waals surface area contributed by atoms with E-state index in [1.54, 1.807) is 16.8 Å². The number of benzene rings is 1. The Morgan fingerprint density at radius 2 is 1.80 bits per heavy atom. The van der Waals surface area contributed by atoms with Gasteiger partial charge in [0, 0.05) is 18.0 Å². The summed E-state index contributed by atoms with van der Waals surface area (Å²) < 4.78 is 14.9. The third-order valence-corrected chi connectivity index (χ3v) is 4.50. The van der Waals surface area contributed by atoms with Gasteiger partial charge in [-0.2, -0.15) is 5.10 Å². The highest BCUT2D eigenvalue weighted by atomic mass is 19.1. The van der Waals surface area contributed by atoms with Crippen LogP contribution in [0.15, 0.2) is 24.3 Å². The van der Waals surface area contributed by atoms with E-state index >= 15 is 0 Å². The SMILES string of the molecule is Cn1nc(C2(C)CCCC2)c(-c2ccc(F)cc2)c1N. The summed E-state index contributed by atoms with van der Waals surface area (Å²) in [4.78, 5) is 0. The van der Waals surface area contributed by atoms with Crippen LogP contribution < -0.4 is 5.73 Å². The van der Waals surface area contributed by atoms with Crippen LogP contribution in [0.2, 0.25) is 0 Å². The van der Waals surface area contributed by atoms with Gasteiger partial charge >= 0.3 is 0 Å². The highest BCUT2D eigenvalue weighted by Gasteiger charge is 2.36. The van der Waals surface area contributed by atoms with Crippen LogP contribution in [0.4, 0.5) is 10.2 Å². The predicted molar refractivity (Wildman–Crippen MR) is 78.8 cm³/mol. The lowest BCUT2D eigenvalue weighted by atomic mass is 9.81. The van der Waals surface area contributed by atoms with Gasteiger partial charge in [-0.05, 0) is 30.5 Å². The third kappa shape index (κ3) is 1.99. The van der Waals surface area contributed by atoms with Crippen LogP contribution in [0.3, 0.4) is 0 Å². The van der Waals surface area contributed by atoms with Crippen molar-refractivity contribution in [1.29, 1.82) is 0 Å². The van der Waals surface area contributed by atoms with Gasteiger partial charge in [0.15, 0.2) is 0 Å². The van der Waals surface area contributed by atoms with Crippen molar-refractivity contribution in [2.24, 2.45) is 7.05 Å². The quantitative estimate of drug-likeness (QED) is 0.907. The summed E-state index contributed by atoms with van der Waals surface area (Å²) >= 11 is 0. The van der Waals surface area contributed by atoms with E-state index < -0.39 is 0 Å². The molecule has 1 aromatic heterocycles. The van der Waals surface area contributed by atoms with Crippen molar-refractivity contribution in [3.8, 4) is 11.1 Å². The molecule has 0 aliphatic heterocycles. The van der Waals surface area contributed by atoms with Crippen LogP contribution in [0.25, 0.3) is 11.1 Å². The maximum Gasteiger partial charge on any atom is 0.129 e. The lowest BCUT2D eigenvalue weighted by Crippen LogP contribution is -2.19. The van der Waals surface area contributed by atoms with Crippen LogP contribution >= 0.6 is 0 Å². The van der Waals surface area contributed by atoms with Gasteiger partial charge in [0.1, 0.15) is 11.6 Å². The first-order valence-electron chi connectivity index (χ1n) is 7.10. The molecule has 3 rings (SSSR count). The summed E-state index contributed by atoms with van der Waals surface area (Å²) in [6.45, 7) is 2.26. The fraction of sp³-hybridized carbons (Fsp3) is 0.438. The Kier molecular flexibility index (Phi) is 3.04. The molecule has 3 nitrogen and oxygen atoms in total. The number of nitrogens with zero attached hydrogens (tertiary/aromatic N) is 2. The third-order valence-electron chi connectivity index (χ3n) is 4.50. The molecule has 0 atom stereocenters. The molecule has 1 aliphatic rings. The molecule has 106 valence electrons. The molecule has 20 heavy (non-hydrogen) atoms. The van der Waals surface area contributed by atoms with Crippen LogP contribution in [0.5, 0.6) is 0 Å². The van der Waals surface area contributed by atoms with Gasteiger partial charge in [-0.3, -0.25) is 4.68 Å². The van der Waals surface area contributed by atoms with Crippen molar-refractivity contribution in [3.05, 3.63) is 35.8 Å². The van der Waals surface area contributed by atoms with E-state index in [0.717, 1.165) is 29.7 Å². The molecule has 2 N–H and O–H groups in total. The number of hydrogen-bond donors (Lipinski definition) is 1. The van der Waals surface area contributed by atoms with Crippen LogP contribution in [0.1, 0.15) is 38.3 Å². The molecule has 1 heterocycles. The smallest absolute Gasteiger partial charge is 0.129 e. The zero-order valence-corrected chi connectivity index (χ0v) is 12.0. The molecule has 1 aromatic carbocycles. The summed E-state index contributed by atoms with van der Waals surface area (Å²) in [5.74, 6) is 0.421. The average molecular weight is 273 g/mol. The molecule has 0 radical (unpaired) electrons. The van der Waals surface area contributed by atoms with E-state index in [2.05, 4.69) is 12.0 Å². The van der Waals surface area contributed by atoms with Gasteiger partial charge < -0.3 is 5.73 Å². The first kappa shape index (κ1) is 13.2. The maximum atomic E-state index is 13.1. The Morgan fingerprint density at radius 3 is 2.40 bits per heavy atom. The number of rotatable bonds is 2. The summed E-state index contributed by atoms with van der Waals surface area (Å²) in [5.41, 5.74) is 9.26. The number of anilines is 1. The minimum absolute atomic E-state index is 0.0824. The van der Waals surface area contributed by atoms with E-state index in [9.17, 15) is 4.39 Å². The number of hydrogen-bond acceptors (Lipinski definition) is 2. The van der Waals surface area contributed by atoms with Crippen LogP contribution in [-0.4, -0.2) is 9.78 Å². The van der Waals surface area contributed by atoms with E-state index in [1.165, 1.54) is 25.0 Å². The average Bonchev–Trinajstić information content (AvgIpc) is 2.98. The van der Waals surface area contributed by atoms with Crippen molar-refractivity contribution in [2.45, 2.75) is 38.0 Å². The van der Waals surface area contributed by atoms with Crippen molar-refractivity contribution < 1.29 is 4.39 Å². The van der Waals surface area contributed by atoms with Gasteiger partial charge in [0.25, 0.3) is 0 Å². The van der Waals surface area contributed by atoms with E-state index in [1.807, 2.05) is 7.05 Å². The molecule has 1 fully saturated rings. The first-order chi connectivity index (χ1) is 9.51. The fourth-order valence-electron chi connectivity index (χ4n) is 3.25. The predicted octanol–water partition coefficient (Wildman–Crippen LogP) is 3.64. The minimum Gasteiger partial charge on any atom is -0.383 e. The topological polar surface area (TPSA) is 43.8 Å². The molecular weight excluding hydrogens is 253 g/mol. The molecule has 0 amide bonds.